The maximum Gasteiger partial charge on any atom is 0.416 e. The molecule has 0 aliphatic carbocycles. The van der Waals surface area contributed by atoms with Gasteiger partial charge < -0.3 is 35.1 Å². The number of carbonyl (C=O) groups excluding carboxylic acids is 6. The predicted octanol–water partition coefficient (Wildman–Crippen LogP) is 6.86. The maximum absolute atomic E-state index is 15.3. The number of aromatic nitrogens is 4. The van der Waals surface area contributed by atoms with E-state index in [9.17, 15) is 34.0 Å². The normalized spacial score (nSPS) is 19.8. The number of anilines is 3. The SMILES string of the molecule is CC(C)[C@H](NC(=O)CCCCCN1C(=O)CCCC1=O)C(=O)N[C@@H](C)C(=O)Nc1ccc(C[N+]2(Cc3cc4c(c(C(F)(F)F)c3)CN(c3cc(C5(Cc6nncn6C)COC5)cc(NCCC#N)n3)C4=O)CCC[C@H](C)C2)cc1. The molecule has 22 heteroatoms. The van der Waals surface area contributed by atoms with Gasteiger partial charge in [0.15, 0.2) is 0 Å². The maximum atomic E-state index is 15.3. The van der Waals surface area contributed by atoms with Crippen molar-refractivity contribution in [3.63, 3.8) is 0 Å². The molecule has 0 spiro atoms. The summed E-state index contributed by atoms with van der Waals surface area (Å²) < 4.78 is 53.8. The summed E-state index contributed by atoms with van der Waals surface area (Å²) in [5.74, 6) is -0.987. The van der Waals surface area contributed by atoms with Crippen molar-refractivity contribution in [1.29, 1.82) is 5.26 Å². The van der Waals surface area contributed by atoms with Gasteiger partial charge in [-0.2, -0.15) is 18.4 Å². The Kier molecular flexibility index (Phi) is 18.2. The van der Waals surface area contributed by atoms with Crippen LogP contribution >= 0.6 is 0 Å². The molecule has 4 aliphatic rings. The fraction of sp³-hybridized carbons (Fsp3) is 0.544. The van der Waals surface area contributed by atoms with Gasteiger partial charge in [0.2, 0.25) is 29.5 Å². The Balaban J connectivity index is 0.924. The number of piperidine rings is 2. The monoisotopic (exact) mass is 1090 g/mol. The topological polar surface area (TPSA) is 234 Å². The third-order valence-corrected chi connectivity index (χ3v) is 15.7. The third kappa shape index (κ3) is 14.0. The lowest BCUT2D eigenvalue weighted by molar-refractivity contribution is -0.960. The van der Waals surface area contributed by atoms with E-state index in [4.69, 9.17) is 9.72 Å². The second-order valence-electron chi connectivity index (χ2n) is 22.4. The van der Waals surface area contributed by atoms with Crippen molar-refractivity contribution in [3.05, 3.63) is 94.1 Å². The number of unbranched alkanes of at least 4 members (excludes halogenated alkanes) is 2. The summed E-state index contributed by atoms with van der Waals surface area (Å²) in [5.41, 5.74) is 0.934. The zero-order valence-corrected chi connectivity index (χ0v) is 45.7. The van der Waals surface area contributed by atoms with Crippen LogP contribution in [-0.4, -0.2) is 116 Å². The van der Waals surface area contributed by atoms with E-state index in [2.05, 4.69) is 44.5 Å². The highest BCUT2D eigenvalue weighted by Gasteiger charge is 2.45. The first kappa shape index (κ1) is 57.9. The van der Waals surface area contributed by atoms with Gasteiger partial charge in [-0.1, -0.05) is 39.3 Å². The van der Waals surface area contributed by atoms with Crippen LogP contribution in [0, 0.1) is 23.2 Å². The summed E-state index contributed by atoms with van der Waals surface area (Å²) in [4.78, 5) is 85.8. The minimum atomic E-state index is -4.77. The molecule has 2 aromatic heterocycles. The molecular formula is C57H72F3N12O7+. The van der Waals surface area contributed by atoms with E-state index in [1.54, 1.807) is 51.4 Å². The Bertz CT molecular complexity index is 2940. The second-order valence-corrected chi connectivity index (χ2v) is 22.4. The number of hydrogen-bond donors (Lipinski definition) is 4. The number of amides is 6. The molecule has 6 amide bonds. The lowest BCUT2D eigenvalue weighted by atomic mass is 9.75. The van der Waals surface area contributed by atoms with Crippen LogP contribution in [0.3, 0.4) is 0 Å². The van der Waals surface area contributed by atoms with Crippen LogP contribution in [0.25, 0.3) is 0 Å². The van der Waals surface area contributed by atoms with E-state index in [1.165, 1.54) is 15.9 Å². The molecule has 3 fully saturated rings. The van der Waals surface area contributed by atoms with E-state index in [0.29, 0.717) is 112 Å². The summed E-state index contributed by atoms with van der Waals surface area (Å²) in [6.07, 6.45) is 2.46. The second kappa shape index (κ2) is 24.8. The standard InChI is InChI=1S/C57H71F3N12O7/c1-36(2)52(67-49(73)13-7-6-8-22-70-50(74)14-9-15-51(70)75)54(77)64-38(4)53(76)65-42-18-16-39(17-19-42)31-72(23-10-12-37(3)30-72)32-40-24-43-44(45(25-40)57(58,59)60)29-71(55(43)78)47-27-41(26-46(66-47)62-21-11-20-61)56(33-79-34-56)28-48-68-63-35-69(48)5/h16-19,24-27,35-38,52H,6-15,21-23,28-34H2,1-5H3,(H3-,62,64,65,66,67,73,76,77)/p+1/t37-,38-,52-,72?/m0/s1. The van der Waals surface area contributed by atoms with E-state index in [0.717, 1.165) is 24.0 Å². The number of nitriles is 1. The number of carbonyl (C=O) groups is 6. The largest absolute Gasteiger partial charge is 0.416 e. The van der Waals surface area contributed by atoms with Crippen molar-refractivity contribution < 1.29 is 51.2 Å². The molecule has 3 saturated heterocycles. The first-order valence-electron chi connectivity index (χ1n) is 27.4. The average molecular weight is 1090 g/mol. The van der Waals surface area contributed by atoms with E-state index < -0.39 is 47.0 Å². The first-order chi connectivity index (χ1) is 37.7. The summed E-state index contributed by atoms with van der Waals surface area (Å²) in [6, 6.07) is 13.9. The van der Waals surface area contributed by atoms with Crippen molar-refractivity contribution in [2.75, 3.05) is 54.9 Å². The van der Waals surface area contributed by atoms with Crippen molar-refractivity contribution in [1.82, 2.24) is 35.3 Å². The molecule has 8 rings (SSSR count). The van der Waals surface area contributed by atoms with Crippen LogP contribution < -0.4 is 26.2 Å². The smallest absolute Gasteiger partial charge is 0.379 e. The third-order valence-electron chi connectivity index (χ3n) is 15.7. The number of quaternary nitrogens is 1. The number of benzene rings is 2. The number of imide groups is 1. The van der Waals surface area contributed by atoms with Gasteiger partial charge in [0.05, 0.1) is 50.9 Å². The van der Waals surface area contributed by atoms with Crippen LogP contribution in [0.4, 0.5) is 30.5 Å². The van der Waals surface area contributed by atoms with Crippen LogP contribution in [-0.2, 0) is 73.4 Å². The number of alkyl halides is 3. The summed E-state index contributed by atoms with van der Waals surface area (Å²) in [7, 11) is 1.84. The zero-order valence-electron chi connectivity index (χ0n) is 45.7. The highest BCUT2D eigenvalue weighted by atomic mass is 19.4. The Morgan fingerprint density at radius 3 is 2.32 bits per heavy atom. The van der Waals surface area contributed by atoms with Crippen LogP contribution in [0.15, 0.2) is 54.9 Å². The summed E-state index contributed by atoms with van der Waals surface area (Å²) in [5, 5.41) is 29.1. The van der Waals surface area contributed by atoms with Gasteiger partial charge in [0.25, 0.3) is 5.91 Å². The number of aryl methyl sites for hydroxylation is 1. The van der Waals surface area contributed by atoms with Gasteiger partial charge >= 0.3 is 6.18 Å². The molecule has 4 N–H and O–H groups in total. The molecule has 0 bridgehead atoms. The number of pyridine rings is 1. The summed E-state index contributed by atoms with van der Waals surface area (Å²) >= 11 is 0. The predicted molar refractivity (Wildman–Crippen MR) is 286 cm³/mol. The number of nitrogens with zero attached hydrogens (tertiary/aromatic N) is 8. The van der Waals surface area contributed by atoms with Crippen molar-refractivity contribution in [3.8, 4) is 6.07 Å². The summed E-state index contributed by atoms with van der Waals surface area (Å²) in [6.45, 7) is 10.3. The quantitative estimate of drug-likeness (QED) is 0.0339. The average Bonchev–Trinajstić information content (AvgIpc) is 4.07. The Hall–Kier alpha value is -7.25. The minimum absolute atomic E-state index is 0.0264. The van der Waals surface area contributed by atoms with Crippen molar-refractivity contribution in [2.45, 2.75) is 142 Å². The van der Waals surface area contributed by atoms with Crippen LogP contribution in [0.5, 0.6) is 0 Å². The fourth-order valence-corrected chi connectivity index (χ4v) is 11.4. The first-order valence-corrected chi connectivity index (χ1v) is 27.4. The Morgan fingerprint density at radius 2 is 1.67 bits per heavy atom. The molecule has 4 atom stereocenters. The molecule has 4 aromatic rings. The molecule has 19 nitrogen and oxygen atoms in total. The highest BCUT2D eigenvalue weighted by molar-refractivity contribution is 6.10. The van der Waals surface area contributed by atoms with E-state index in [1.807, 2.05) is 29.8 Å². The van der Waals surface area contributed by atoms with E-state index >= 15 is 13.2 Å². The molecular weight excluding hydrogens is 1020 g/mol. The van der Waals surface area contributed by atoms with Gasteiger partial charge in [-0.3, -0.25) is 38.6 Å². The molecule has 422 valence electrons. The highest BCUT2D eigenvalue weighted by Crippen LogP contribution is 2.43. The van der Waals surface area contributed by atoms with Crippen LogP contribution in [0.2, 0.25) is 0 Å². The molecule has 2 aromatic carbocycles. The van der Waals surface area contributed by atoms with Gasteiger partial charge in [0.1, 0.15) is 49.0 Å². The molecule has 6 heterocycles. The molecule has 1 unspecified atom stereocenters. The molecule has 0 radical (unpaired) electrons. The fourth-order valence-electron chi connectivity index (χ4n) is 11.4. The molecule has 79 heavy (non-hydrogen) atoms. The lowest BCUT2D eigenvalue weighted by Gasteiger charge is -2.44. The number of hydrogen-bond acceptors (Lipinski definition) is 12. The Morgan fingerprint density at radius 1 is 0.937 bits per heavy atom. The number of nitrogens with one attached hydrogen (secondary N) is 4. The minimum Gasteiger partial charge on any atom is -0.379 e. The van der Waals surface area contributed by atoms with Crippen molar-refractivity contribution in [2.24, 2.45) is 18.9 Å². The number of ether oxygens (including phenoxy) is 1. The van der Waals surface area contributed by atoms with Crippen LogP contribution in [0.1, 0.15) is 136 Å². The van der Waals surface area contributed by atoms with Gasteiger partial charge in [0, 0.05) is 79.5 Å². The number of rotatable bonds is 23. The number of fused-ring (bicyclic) bond motifs is 1. The lowest BCUT2D eigenvalue weighted by Crippen LogP contribution is -2.53. The van der Waals surface area contributed by atoms with E-state index in [-0.39, 0.29) is 79.0 Å². The van der Waals surface area contributed by atoms with Crippen molar-refractivity contribution >= 4 is 52.8 Å². The molecule has 4 aliphatic heterocycles. The van der Waals surface area contributed by atoms with Gasteiger partial charge in [-0.25, -0.2) is 4.98 Å². The zero-order chi connectivity index (χ0) is 56.6. The number of halogens is 3. The van der Waals surface area contributed by atoms with Gasteiger partial charge in [-0.05, 0) is 92.5 Å². The number of likely N-dealkylation sites (tertiary alicyclic amines) is 2. The molecule has 0 saturated carbocycles. The van der Waals surface area contributed by atoms with Gasteiger partial charge in [-0.15, -0.1) is 10.2 Å². The Labute approximate surface area is 458 Å².